The summed E-state index contributed by atoms with van der Waals surface area (Å²) < 4.78 is 7.68. The Bertz CT molecular complexity index is 1150. The van der Waals surface area contributed by atoms with Crippen molar-refractivity contribution in [1.82, 2.24) is 19.6 Å². The molecule has 0 fully saturated rings. The van der Waals surface area contributed by atoms with E-state index >= 15 is 0 Å². The second-order valence-electron chi connectivity index (χ2n) is 6.56. The number of ether oxygens (including phenoxy) is 1. The van der Waals surface area contributed by atoms with E-state index in [1.54, 1.807) is 23.0 Å². The number of aromatic hydroxyl groups is 1. The van der Waals surface area contributed by atoms with Gasteiger partial charge in [0.15, 0.2) is 5.65 Å². The van der Waals surface area contributed by atoms with Crippen molar-refractivity contribution < 1.29 is 9.84 Å². The lowest BCUT2D eigenvalue weighted by molar-refractivity contribution is 0.422. The van der Waals surface area contributed by atoms with Crippen molar-refractivity contribution >= 4 is 5.65 Å². The smallest absolute Gasteiger partial charge is 0.228 e. The van der Waals surface area contributed by atoms with Gasteiger partial charge in [-0.3, -0.25) is 0 Å². The van der Waals surface area contributed by atoms with Crippen molar-refractivity contribution in [3.8, 4) is 17.4 Å². The van der Waals surface area contributed by atoms with E-state index in [9.17, 15) is 5.11 Å². The Morgan fingerprint density at radius 1 is 1.08 bits per heavy atom. The highest BCUT2D eigenvalue weighted by Gasteiger charge is 2.33. The van der Waals surface area contributed by atoms with Crippen molar-refractivity contribution in [2.24, 2.45) is 0 Å². The van der Waals surface area contributed by atoms with Crippen LogP contribution in [0.2, 0.25) is 0 Å². The molecule has 6 nitrogen and oxygen atoms in total. The Hall–Kier alpha value is -3.41. The highest BCUT2D eigenvalue weighted by atomic mass is 16.5. The number of benzene rings is 2. The maximum absolute atomic E-state index is 9.88. The predicted molar refractivity (Wildman–Crippen MR) is 95.8 cm³/mol. The molecule has 2 aromatic carbocycles. The Morgan fingerprint density at radius 3 is 2.69 bits per heavy atom. The monoisotopic (exact) mass is 344 g/mol. The third-order valence-electron chi connectivity index (χ3n) is 4.71. The van der Waals surface area contributed by atoms with Gasteiger partial charge in [0.05, 0.1) is 5.56 Å². The van der Waals surface area contributed by atoms with Gasteiger partial charge in [-0.25, -0.2) is 14.5 Å². The van der Waals surface area contributed by atoms with Crippen molar-refractivity contribution in [1.29, 1.82) is 0 Å². The first-order valence-corrected chi connectivity index (χ1v) is 8.39. The molecule has 0 saturated carbocycles. The zero-order chi connectivity index (χ0) is 17.8. The van der Waals surface area contributed by atoms with Crippen LogP contribution in [0.25, 0.3) is 5.65 Å². The van der Waals surface area contributed by atoms with Crippen LogP contribution in [0.3, 0.4) is 0 Å². The van der Waals surface area contributed by atoms with E-state index in [2.05, 4.69) is 46.3 Å². The number of aromatic nitrogens is 4. The molecule has 1 aliphatic rings. The van der Waals surface area contributed by atoms with Gasteiger partial charge in [-0.15, -0.1) is 0 Å². The number of hydrogen-bond acceptors (Lipinski definition) is 5. The van der Waals surface area contributed by atoms with Crippen molar-refractivity contribution in [3.05, 3.63) is 76.9 Å². The number of phenolic OH excluding ortho intramolecular Hbond substituents is 1. The molecule has 4 aromatic rings. The zero-order valence-corrected chi connectivity index (χ0v) is 14.3. The molecular weight excluding hydrogens is 328 g/mol. The van der Waals surface area contributed by atoms with Crippen LogP contribution in [0.5, 0.6) is 17.4 Å². The maximum Gasteiger partial charge on any atom is 0.228 e. The Kier molecular flexibility index (Phi) is 3.03. The summed E-state index contributed by atoms with van der Waals surface area (Å²) in [6.45, 7) is 3.92. The minimum absolute atomic E-state index is 0.102. The van der Waals surface area contributed by atoms with Crippen LogP contribution in [0.1, 0.15) is 34.0 Å². The van der Waals surface area contributed by atoms with Gasteiger partial charge in [0.25, 0.3) is 0 Å². The summed E-state index contributed by atoms with van der Waals surface area (Å²) in [5.41, 5.74) is 4.89. The van der Waals surface area contributed by atoms with Crippen LogP contribution in [-0.2, 0) is 0 Å². The standard InChI is InChI=1S/C20H16N4O2/c1-11-3-5-13(6-4-11)17-15-8-7-14(25)9-16(15)26-20-18(17)19-22-12(2)23-24(19)10-21-20/h3-10,17,25H,1-2H3/t17-/m1/s1. The molecule has 1 atom stereocenters. The van der Waals surface area contributed by atoms with Crippen LogP contribution in [0, 0.1) is 13.8 Å². The second-order valence-corrected chi connectivity index (χ2v) is 6.56. The van der Waals surface area contributed by atoms with E-state index in [4.69, 9.17) is 4.74 Å². The number of aryl methyl sites for hydroxylation is 2. The van der Waals surface area contributed by atoms with E-state index in [-0.39, 0.29) is 11.7 Å². The van der Waals surface area contributed by atoms with Crippen molar-refractivity contribution in [3.63, 3.8) is 0 Å². The fourth-order valence-electron chi connectivity index (χ4n) is 3.52. The van der Waals surface area contributed by atoms with E-state index in [1.807, 2.05) is 13.0 Å². The lowest BCUT2D eigenvalue weighted by atomic mass is 9.83. The van der Waals surface area contributed by atoms with Crippen LogP contribution < -0.4 is 4.74 Å². The topological polar surface area (TPSA) is 72.5 Å². The summed E-state index contributed by atoms with van der Waals surface area (Å²) >= 11 is 0. The van der Waals surface area contributed by atoms with E-state index in [0.29, 0.717) is 17.5 Å². The number of nitrogens with zero attached hydrogens (tertiary/aromatic N) is 4. The molecule has 0 bridgehead atoms. The molecule has 0 spiro atoms. The first kappa shape index (κ1) is 14.9. The van der Waals surface area contributed by atoms with Crippen LogP contribution >= 0.6 is 0 Å². The average Bonchev–Trinajstić information content (AvgIpc) is 3.01. The molecule has 0 radical (unpaired) electrons. The summed E-state index contributed by atoms with van der Waals surface area (Å²) in [6, 6.07) is 13.6. The van der Waals surface area contributed by atoms with Crippen LogP contribution in [0.4, 0.5) is 0 Å². The number of phenols is 1. The van der Waals surface area contributed by atoms with Gasteiger partial charge in [0, 0.05) is 17.5 Å². The largest absolute Gasteiger partial charge is 0.508 e. The number of rotatable bonds is 1. The third kappa shape index (κ3) is 2.15. The van der Waals surface area contributed by atoms with E-state index in [0.717, 1.165) is 22.3 Å². The molecule has 5 rings (SSSR count). The first-order valence-electron chi connectivity index (χ1n) is 8.39. The minimum atomic E-state index is -0.102. The second kappa shape index (κ2) is 5.29. The minimum Gasteiger partial charge on any atom is -0.508 e. The number of fused-ring (bicyclic) bond motifs is 4. The summed E-state index contributed by atoms with van der Waals surface area (Å²) in [6.07, 6.45) is 1.61. The van der Waals surface area contributed by atoms with Gasteiger partial charge in [-0.1, -0.05) is 35.9 Å². The highest BCUT2D eigenvalue weighted by molar-refractivity contribution is 5.66. The normalized spacial score (nSPS) is 15.4. The molecule has 128 valence electrons. The van der Waals surface area contributed by atoms with E-state index in [1.165, 1.54) is 5.56 Å². The summed E-state index contributed by atoms with van der Waals surface area (Å²) in [4.78, 5) is 9.03. The lowest BCUT2D eigenvalue weighted by Gasteiger charge is -2.28. The fourth-order valence-corrected chi connectivity index (χ4v) is 3.52. The molecule has 2 aromatic heterocycles. The fraction of sp³-hybridized carbons (Fsp3) is 0.150. The van der Waals surface area contributed by atoms with Gasteiger partial charge in [0.1, 0.15) is 23.7 Å². The van der Waals surface area contributed by atoms with E-state index < -0.39 is 0 Å². The van der Waals surface area contributed by atoms with Crippen LogP contribution in [0.15, 0.2) is 48.8 Å². The van der Waals surface area contributed by atoms with Gasteiger partial charge < -0.3 is 9.84 Å². The molecule has 0 aliphatic carbocycles. The van der Waals surface area contributed by atoms with Crippen LogP contribution in [-0.4, -0.2) is 24.7 Å². The molecule has 1 aliphatic heterocycles. The molecular formula is C20H16N4O2. The summed E-state index contributed by atoms with van der Waals surface area (Å²) in [7, 11) is 0. The third-order valence-corrected chi connectivity index (χ3v) is 4.71. The van der Waals surface area contributed by atoms with Gasteiger partial charge in [-0.2, -0.15) is 5.10 Å². The quantitative estimate of drug-likeness (QED) is 0.501. The predicted octanol–water partition coefficient (Wildman–Crippen LogP) is 3.73. The van der Waals surface area contributed by atoms with Crippen molar-refractivity contribution in [2.45, 2.75) is 19.8 Å². The Balaban J connectivity index is 1.84. The van der Waals surface area contributed by atoms with Gasteiger partial charge in [-0.05, 0) is 25.5 Å². The summed E-state index contributed by atoms with van der Waals surface area (Å²) in [5, 5.41) is 14.3. The molecule has 0 unspecified atom stereocenters. The molecule has 1 N–H and O–H groups in total. The lowest BCUT2D eigenvalue weighted by Crippen LogP contribution is -2.15. The SMILES string of the molecule is Cc1ccc([C@@H]2c3ccc(O)cc3Oc3ncn4nc(C)nc4c32)cc1. The first-order chi connectivity index (χ1) is 12.6. The van der Waals surface area contributed by atoms with Crippen molar-refractivity contribution in [2.75, 3.05) is 0 Å². The average molecular weight is 344 g/mol. The number of hydrogen-bond donors (Lipinski definition) is 1. The van der Waals surface area contributed by atoms with Gasteiger partial charge >= 0.3 is 0 Å². The maximum atomic E-state index is 9.88. The van der Waals surface area contributed by atoms with Gasteiger partial charge in [0.2, 0.25) is 5.88 Å². The molecule has 26 heavy (non-hydrogen) atoms. The molecule has 6 heteroatoms. The Labute approximate surface area is 149 Å². The molecule has 3 heterocycles. The Morgan fingerprint density at radius 2 is 1.88 bits per heavy atom. The highest BCUT2D eigenvalue weighted by Crippen LogP contribution is 2.48. The molecule has 0 saturated heterocycles. The molecule has 0 amide bonds. The summed E-state index contributed by atoms with van der Waals surface area (Å²) in [5.74, 6) is 1.84. The zero-order valence-electron chi connectivity index (χ0n) is 14.3.